The number of rotatable bonds is 6. The number of carbonyl (C=O) groups excluding carboxylic acids is 1. The van der Waals surface area contributed by atoms with Crippen molar-refractivity contribution in [3.8, 4) is 0 Å². The molecule has 3 N–H and O–H groups in total. The number of hydrogen-bond acceptors (Lipinski definition) is 5. The number of hydrogen-bond donors (Lipinski definition) is 3. The molecular formula is C17H33N3O3. The van der Waals surface area contributed by atoms with E-state index in [2.05, 4.69) is 16.0 Å². The van der Waals surface area contributed by atoms with E-state index in [9.17, 15) is 4.79 Å². The lowest BCUT2D eigenvalue weighted by Gasteiger charge is -2.45. The molecular weight excluding hydrogens is 294 g/mol. The van der Waals surface area contributed by atoms with E-state index >= 15 is 0 Å². The van der Waals surface area contributed by atoms with Crippen LogP contribution in [-0.4, -0.2) is 55.6 Å². The van der Waals surface area contributed by atoms with Gasteiger partial charge in [0.15, 0.2) is 0 Å². The fraction of sp³-hybridized carbons (Fsp3) is 0.941. The first kappa shape index (κ1) is 18.5. The Morgan fingerprint density at radius 1 is 1.30 bits per heavy atom. The summed E-state index contributed by atoms with van der Waals surface area (Å²) in [6.07, 6.45) is 4.43. The smallest absolute Gasteiger partial charge is 0.407 e. The van der Waals surface area contributed by atoms with Gasteiger partial charge < -0.3 is 25.4 Å². The van der Waals surface area contributed by atoms with Crippen LogP contribution in [0.15, 0.2) is 0 Å². The maximum atomic E-state index is 12.0. The molecule has 134 valence electrons. The lowest BCUT2D eigenvalue weighted by Crippen LogP contribution is -2.67. The van der Waals surface area contributed by atoms with Crippen molar-refractivity contribution < 1.29 is 14.3 Å². The minimum atomic E-state index is -0.470. The van der Waals surface area contributed by atoms with E-state index < -0.39 is 5.60 Å². The monoisotopic (exact) mass is 327 g/mol. The standard InChI is InChI=1S/C17H33N3O3/c1-5-22-14-10-13(20-16(21)23-17(2,3)4)15(14)19-11-12-8-6-7-9-18-12/h12-15,18-19H,5-11H2,1-4H3,(H,20,21). The van der Waals surface area contributed by atoms with Gasteiger partial charge in [0.2, 0.25) is 0 Å². The predicted molar refractivity (Wildman–Crippen MR) is 90.6 cm³/mol. The summed E-state index contributed by atoms with van der Waals surface area (Å²) >= 11 is 0. The second-order valence-electron chi connectivity index (χ2n) is 7.56. The molecule has 1 saturated heterocycles. The number of carbonyl (C=O) groups is 1. The SMILES string of the molecule is CCOC1CC(NC(=O)OC(C)(C)C)C1NCC1CCCCN1. The summed E-state index contributed by atoms with van der Waals surface area (Å²) in [5, 5.41) is 10.1. The Balaban J connectivity index is 1.80. The Labute approximate surface area is 140 Å². The Kier molecular flexibility index (Phi) is 6.68. The predicted octanol–water partition coefficient (Wildman–Crippen LogP) is 1.79. The van der Waals surface area contributed by atoms with Gasteiger partial charge in [0, 0.05) is 19.2 Å². The highest BCUT2D eigenvalue weighted by Gasteiger charge is 2.43. The van der Waals surface area contributed by atoms with Crippen LogP contribution in [0.25, 0.3) is 0 Å². The van der Waals surface area contributed by atoms with Crippen LogP contribution < -0.4 is 16.0 Å². The van der Waals surface area contributed by atoms with Gasteiger partial charge in [-0.15, -0.1) is 0 Å². The average Bonchev–Trinajstić information content (AvgIpc) is 2.45. The zero-order chi connectivity index (χ0) is 16.9. The van der Waals surface area contributed by atoms with Gasteiger partial charge in [-0.25, -0.2) is 4.79 Å². The third-order valence-corrected chi connectivity index (χ3v) is 4.42. The topological polar surface area (TPSA) is 71.6 Å². The zero-order valence-corrected chi connectivity index (χ0v) is 15.0. The molecule has 1 heterocycles. The number of nitrogens with one attached hydrogen (secondary N) is 3. The van der Waals surface area contributed by atoms with Gasteiger partial charge in [0.25, 0.3) is 0 Å². The number of alkyl carbamates (subject to hydrolysis) is 1. The van der Waals surface area contributed by atoms with Crippen LogP contribution in [0.4, 0.5) is 4.79 Å². The first-order valence-corrected chi connectivity index (χ1v) is 8.97. The van der Waals surface area contributed by atoms with E-state index in [0.717, 1.165) is 19.5 Å². The van der Waals surface area contributed by atoms with E-state index in [4.69, 9.17) is 9.47 Å². The quantitative estimate of drug-likeness (QED) is 0.694. The van der Waals surface area contributed by atoms with E-state index in [0.29, 0.717) is 12.6 Å². The van der Waals surface area contributed by atoms with Crippen molar-refractivity contribution in [2.24, 2.45) is 0 Å². The van der Waals surface area contributed by atoms with Gasteiger partial charge in [-0.05, 0) is 53.5 Å². The first-order valence-electron chi connectivity index (χ1n) is 8.97. The van der Waals surface area contributed by atoms with Crippen molar-refractivity contribution in [2.75, 3.05) is 19.7 Å². The minimum absolute atomic E-state index is 0.0741. The summed E-state index contributed by atoms with van der Waals surface area (Å²) in [4.78, 5) is 12.0. The van der Waals surface area contributed by atoms with E-state index in [-0.39, 0.29) is 24.3 Å². The van der Waals surface area contributed by atoms with Gasteiger partial charge >= 0.3 is 6.09 Å². The summed E-state index contributed by atoms with van der Waals surface area (Å²) in [5.41, 5.74) is -0.470. The van der Waals surface area contributed by atoms with Crippen LogP contribution in [0.2, 0.25) is 0 Å². The van der Waals surface area contributed by atoms with Crippen molar-refractivity contribution >= 4 is 6.09 Å². The summed E-state index contributed by atoms with van der Waals surface area (Å²) in [6.45, 7) is 10.4. The lowest BCUT2D eigenvalue weighted by molar-refractivity contribution is -0.0438. The van der Waals surface area contributed by atoms with Gasteiger partial charge in [-0.3, -0.25) is 0 Å². The van der Waals surface area contributed by atoms with Gasteiger partial charge in [0.1, 0.15) is 5.60 Å². The molecule has 2 fully saturated rings. The molecule has 0 bridgehead atoms. The molecule has 1 amide bonds. The number of piperidine rings is 1. The Hall–Kier alpha value is -0.850. The van der Waals surface area contributed by atoms with Crippen LogP contribution >= 0.6 is 0 Å². The highest BCUT2D eigenvalue weighted by atomic mass is 16.6. The molecule has 2 aliphatic rings. The van der Waals surface area contributed by atoms with Crippen molar-refractivity contribution in [3.05, 3.63) is 0 Å². The maximum absolute atomic E-state index is 12.0. The lowest BCUT2D eigenvalue weighted by atomic mass is 9.82. The van der Waals surface area contributed by atoms with E-state index in [1.165, 1.54) is 19.3 Å². The van der Waals surface area contributed by atoms with Gasteiger partial charge in [-0.2, -0.15) is 0 Å². The molecule has 0 aromatic rings. The van der Waals surface area contributed by atoms with Gasteiger partial charge in [-0.1, -0.05) is 6.42 Å². The second kappa shape index (κ2) is 8.31. The molecule has 1 aliphatic carbocycles. The molecule has 0 aromatic heterocycles. The third kappa shape index (κ3) is 5.94. The zero-order valence-electron chi connectivity index (χ0n) is 15.0. The van der Waals surface area contributed by atoms with Crippen molar-refractivity contribution in [1.29, 1.82) is 0 Å². The van der Waals surface area contributed by atoms with Crippen molar-refractivity contribution in [2.45, 2.75) is 83.2 Å². The highest BCUT2D eigenvalue weighted by Crippen LogP contribution is 2.25. The molecule has 2 rings (SSSR count). The second-order valence-corrected chi connectivity index (χ2v) is 7.56. The number of ether oxygens (including phenoxy) is 2. The van der Waals surface area contributed by atoms with Crippen LogP contribution in [0.5, 0.6) is 0 Å². The summed E-state index contributed by atoms with van der Waals surface area (Å²) in [7, 11) is 0. The Bertz CT molecular complexity index is 378. The molecule has 0 radical (unpaired) electrons. The van der Waals surface area contributed by atoms with Crippen LogP contribution in [0.3, 0.4) is 0 Å². The Morgan fingerprint density at radius 3 is 2.70 bits per heavy atom. The van der Waals surface area contributed by atoms with E-state index in [1.54, 1.807) is 0 Å². The summed E-state index contributed by atoms with van der Waals surface area (Å²) in [6, 6.07) is 0.755. The molecule has 0 spiro atoms. The molecule has 4 unspecified atom stereocenters. The molecule has 1 saturated carbocycles. The molecule has 0 aromatic carbocycles. The number of amides is 1. The first-order chi connectivity index (χ1) is 10.9. The molecule has 23 heavy (non-hydrogen) atoms. The normalized spacial score (nSPS) is 31.3. The summed E-state index contributed by atoms with van der Waals surface area (Å²) in [5.74, 6) is 0. The fourth-order valence-electron chi connectivity index (χ4n) is 3.25. The van der Waals surface area contributed by atoms with Crippen molar-refractivity contribution in [3.63, 3.8) is 0 Å². The highest BCUT2D eigenvalue weighted by molar-refractivity contribution is 5.68. The van der Waals surface area contributed by atoms with Gasteiger partial charge in [0.05, 0.1) is 18.2 Å². The third-order valence-electron chi connectivity index (χ3n) is 4.42. The van der Waals surface area contributed by atoms with Crippen molar-refractivity contribution in [1.82, 2.24) is 16.0 Å². The molecule has 6 heteroatoms. The Morgan fingerprint density at radius 2 is 2.09 bits per heavy atom. The fourth-order valence-corrected chi connectivity index (χ4v) is 3.25. The van der Waals surface area contributed by atoms with Crippen LogP contribution in [-0.2, 0) is 9.47 Å². The molecule has 6 nitrogen and oxygen atoms in total. The molecule has 1 aliphatic heterocycles. The molecule has 4 atom stereocenters. The average molecular weight is 327 g/mol. The maximum Gasteiger partial charge on any atom is 0.407 e. The summed E-state index contributed by atoms with van der Waals surface area (Å²) < 4.78 is 11.1. The minimum Gasteiger partial charge on any atom is -0.444 e. The van der Waals surface area contributed by atoms with Crippen LogP contribution in [0.1, 0.15) is 53.4 Å². The van der Waals surface area contributed by atoms with Crippen LogP contribution in [0, 0.1) is 0 Å². The largest absolute Gasteiger partial charge is 0.444 e. The van der Waals surface area contributed by atoms with E-state index in [1.807, 2.05) is 27.7 Å².